The molecule has 5 nitrogen and oxygen atoms in total. The first-order valence-corrected chi connectivity index (χ1v) is 5.68. The molecule has 0 aliphatic carbocycles. The van der Waals surface area contributed by atoms with Gasteiger partial charge in [0.05, 0.1) is 18.2 Å². The molecule has 2 atom stereocenters. The molecule has 0 aromatic carbocycles. The first-order valence-electron chi connectivity index (χ1n) is 5.68. The molecule has 5 heteroatoms. The van der Waals surface area contributed by atoms with Gasteiger partial charge in [-0.2, -0.15) is 0 Å². The molecule has 0 saturated carbocycles. The van der Waals surface area contributed by atoms with E-state index >= 15 is 0 Å². The van der Waals surface area contributed by atoms with Crippen LogP contribution in [-0.2, 0) is 11.3 Å². The van der Waals surface area contributed by atoms with Crippen molar-refractivity contribution in [2.75, 3.05) is 6.61 Å². The van der Waals surface area contributed by atoms with Gasteiger partial charge in [0.2, 0.25) is 0 Å². The summed E-state index contributed by atoms with van der Waals surface area (Å²) in [5.41, 5.74) is 0.110. The van der Waals surface area contributed by atoms with Gasteiger partial charge in [0, 0.05) is 12.1 Å². The summed E-state index contributed by atoms with van der Waals surface area (Å²) in [5.74, 6) is -0.341. The molecule has 0 amide bonds. The molecule has 2 N–H and O–H groups in total. The van der Waals surface area contributed by atoms with Crippen molar-refractivity contribution >= 4 is 5.97 Å². The number of carbonyl (C=O) groups is 1. The van der Waals surface area contributed by atoms with Crippen molar-refractivity contribution in [3.63, 3.8) is 0 Å². The van der Waals surface area contributed by atoms with Crippen LogP contribution in [0.5, 0.6) is 0 Å². The van der Waals surface area contributed by atoms with E-state index in [4.69, 9.17) is 14.3 Å². The number of hydrogen-bond acceptors (Lipinski definition) is 4. The van der Waals surface area contributed by atoms with Crippen molar-refractivity contribution in [2.45, 2.75) is 38.5 Å². The Bertz CT molecular complexity index is 414. The van der Waals surface area contributed by atoms with Crippen LogP contribution in [0.3, 0.4) is 0 Å². The number of hydrogen-bond donors (Lipinski definition) is 2. The predicted molar refractivity (Wildman–Crippen MR) is 60.9 cm³/mol. The van der Waals surface area contributed by atoms with E-state index in [9.17, 15) is 4.79 Å². The molecule has 1 aromatic heterocycles. The van der Waals surface area contributed by atoms with Crippen molar-refractivity contribution < 1.29 is 19.1 Å². The molecule has 1 fully saturated rings. The maximum atomic E-state index is 10.7. The minimum atomic E-state index is -0.969. The highest BCUT2D eigenvalue weighted by Crippen LogP contribution is 2.25. The Labute approximate surface area is 99.8 Å². The van der Waals surface area contributed by atoms with Gasteiger partial charge in [0.1, 0.15) is 12.0 Å². The summed E-state index contributed by atoms with van der Waals surface area (Å²) < 4.78 is 10.7. The summed E-state index contributed by atoms with van der Waals surface area (Å²) in [4.78, 5) is 10.7. The minimum absolute atomic E-state index is 0.0732. The lowest BCUT2D eigenvalue weighted by Crippen LogP contribution is -2.47. The topological polar surface area (TPSA) is 71.7 Å². The van der Waals surface area contributed by atoms with Crippen LogP contribution >= 0.6 is 0 Å². The summed E-state index contributed by atoms with van der Waals surface area (Å²) in [5, 5.41) is 12.1. The normalized spacial score (nSPS) is 28.5. The SMILES string of the molecule is CC1OCCC1(C)NCc1cc(C(=O)O)co1. The number of rotatable bonds is 4. The fourth-order valence-electron chi connectivity index (χ4n) is 1.94. The maximum absolute atomic E-state index is 10.7. The number of carboxylic acids is 1. The van der Waals surface area contributed by atoms with Crippen molar-refractivity contribution in [2.24, 2.45) is 0 Å². The van der Waals surface area contributed by atoms with Crippen molar-refractivity contribution in [3.8, 4) is 0 Å². The molecule has 2 heterocycles. The average molecular weight is 239 g/mol. The Morgan fingerprint density at radius 1 is 1.71 bits per heavy atom. The second-order valence-corrected chi connectivity index (χ2v) is 4.64. The molecule has 94 valence electrons. The predicted octanol–water partition coefficient (Wildman–Crippen LogP) is 1.63. The van der Waals surface area contributed by atoms with Crippen LogP contribution in [0.1, 0.15) is 36.4 Å². The number of furan rings is 1. The van der Waals surface area contributed by atoms with E-state index < -0.39 is 5.97 Å². The van der Waals surface area contributed by atoms with Gasteiger partial charge in [-0.1, -0.05) is 0 Å². The Morgan fingerprint density at radius 2 is 2.47 bits per heavy atom. The summed E-state index contributed by atoms with van der Waals surface area (Å²) in [6.45, 7) is 5.40. The van der Waals surface area contributed by atoms with Gasteiger partial charge in [-0.3, -0.25) is 0 Å². The van der Waals surface area contributed by atoms with E-state index in [0.717, 1.165) is 13.0 Å². The third-order valence-electron chi connectivity index (χ3n) is 3.45. The number of ether oxygens (including phenoxy) is 1. The average Bonchev–Trinajstić information content (AvgIpc) is 2.85. The van der Waals surface area contributed by atoms with Crippen LogP contribution in [0, 0.1) is 0 Å². The van der Waals surface area contributed by atoms with Gasteiger partial charge in [0.15, 0.2) is 0 Å². The summed E-state index contributed by atoms with van der Waals surface area (Å²) in [6.07, 6.45) is 2.35. The van der Waals surface area contributed by atoms with Gasteiger partial charge in [-0.05, 0) is 26.3 Å². The monoisotopic (exact) mass is 239 g/mol. The van der Waals surface area contributed by atoms with Gasteiger partial charge in [0.25, 0.3) is 0 Å². The second kappa shape index (κ2) is 4.50. The lowest BCUT2D eigenvalue weighted by atomic mass is 9.95. The Balaban J connectivity index is 1.95. The van der Waals surface area contributed by atoms with Crippen LogP contribution in [0.2, 0.25) is 0 Å². The van der Waals surface area contributed by atoms with Gasteiger partial charge in [-0.25, -0.2) is 4.79 Å². The van der Waals surface area contributed by atoms with Gasteiger partial charge in [-0.15, -0.1) is 0 Å². The van der Waals surface area contributed by atoms with E-state index in [0.29, 0.717) is 12.3 Å². The molecule has 2 rings (SSSR count). The number of aromatic carboxylic acids is 1. The number of nitrogens with one attached hydrogen (secondary N) is 1. The first kappa shape index (κ1) is 12.1. The summed E-state index contributed by atoms with van der Waals surface area (Å²) in [7, 11) is 0. The molecule has 1 aliphatic heterocycles. The van der Waals surface area contributed by atoms with Crippen LogP contribution < -0.4 is 5.32 Å². The van der Waals surface area contributed by atoms with Crippen LogP contribution in [0.25, 0.3) is 0 Å². The van der Waals surface area contributed by atoms with Gasteiger partial charge >= 0.3 is 5.97 Å². The standard InChI is InChI=1S/C12H17NO4/c1-8-12(2,3-4-16-8)13-6-10-5-9(7-17-10)11(14)15/h5,7-8,13H,3-4,6H2,1-2H3,(H,14,15). The lowest BCUT2D eigenvalue weighted by Gasteiger charge is -2.28. The highest BCUT2D eigenvalue weighted by atomic mass is 16.5. The fraction of sp³-hybridized carbons (Fsp3) is 0.583. The van der Waals surface area contributed by atoms with Crippen LogP contribution in [0.15, 0.2) is 16.7 Å². The van der Waals surface area contributed by atoms with Crippen LogP contribution in [0.4, 0.5) is 0 Å². The zero-order chi connectivity index (χ0) is 12.5. The van der Waals surface area contributed by atoms with E-state index in [1.54, 1.807) is 6.07 Å². The number of carboxylic acid groups (broad SMARTS) is 1. The molecular formula is C12H17NO4. The Kier molecular flexibility index (Phi) is 3.22. The van der Waals surface area contributed by atoms with Crippen molar-refractivity contribution in [1.29, 1.82) is 0 Å². The Morgan fingerprint density at radius 3 is 3.00 bits per heavy atom. The van der Waals surface area contributed by atoms with E-state index in [1.807, 2.05) is 6.92 Å². The molecule has 0 spiro atoms. The molecular weight excluding hydrogens is 222 g/mol. The highest BCUT2D eigenvalue weighted by Gasteiger charge is 2.36. The summed E-state index contributed by atoms with van der Waals surface area (Å²) in [6, 6.07) is 1.54. The second-order valence-electron chi connectivity index (χ2n) is 4.64. The third-order valence-corrected chi connectivity index (χ3v) is 3.45. The van der Waals surface area contributed by atoms with Crippen molar-refractivity contribution in [3.05, 3.63) is 23.7 Å². The first-order chi connectivity index (χ1) is 8.01. The molecule has 1 saturated heterocycles. The zero-order valence-corrected chi connectivity index (χ0v) is 10.0. The molecule has 17 heavy (non-hydrogen) atoms. The lowest BCUT2D eigenvalue weighted by molar-refractivity contribution is 0.0696. The molecule has 0 bridgehead atoms. The maximum Gasteiger partial charge on any atom is 0.338 e. The Hall–Kier alpha value is -1.33. The quantitative estimate of drug-likeness (QED) is 0.835. The molecule has 0 radical (unpaired) electrons. The van der Waals surface area contributed by atoms with E-state index in [2.05, 4.69) is 12.2 Å². The fourth-order valence-corrected chi connectivity index (χ4v) is 1.94. The molecule has 2 unspecified atom stereocenters. The molecule has 1 aliphatic rings. The summed E-state index contributed by atoms with van der Waals surface area (Å²) >= 11 is 0. The highest BCUT2D eigenvalue weighted by molar-refractivity contribution is 5.87. The molecule has 1 aromatic rings. The van der Waals surface area contributed by atoms with Crippen molar-refractivity contribution in [1.82, 2.24) is 5.32 Å². The van der Waals surface area contributed by atoms with E-state index in [1.165, 1.54) is 6.26 Å². The smallest absolute Gasteiger partial charge is 0.338 e. The minimum Gasteiger partial charge on any atom is -0.478 e. The van der Waals surface area contributed by atoms with Gasteiger partial charge < -0.3 is 19.6 Å². The third kappa shape index (κ3) is 2.50. The van der Waals surface area contributed by atoms with Crippen LogP contribution in [-0.4, -0.2) is 29.3 Å². The largest absolute Gasteiger partial charge is 0.478 e. The zero-order valence-electron chi connectivity index (χ0n) is 10.0. The van der Waals surface area contributed by atoms with E-state index in [-0.39, 0.29) is 17.2 Å².